The smallest absolute Gasteiger partial charge is 0.109 e. The molecule has 0 radical (unpaired) electrons. The number of nitrogens with zero attached hydrogens (tertiary/aromatic N) is 2. The van der Waals surface area contributed by atoms with Crippen molar-refractivity contribution in [2.75, 3.05) is 6.54 Å². The van der Waals surface area contributed by atoms with Gasteiger partial charge in [0.25, 0.3) is 0 Å². The topological polar surface area (TPSA) is 42.2 Å². The monoisotopic (exact) mass is 209 g/mol. The number of rotatable bonds is 2. The van der Waals surface area contributed by atoms with E-state index in [2.05, 4.69) is 16.8 Å². The van der Waals surface area contributed by atoms with Gasteiger partial charge in [-0.1, -0.05) is 0 Å². The zero-order valence-electron chi connectivity index (χ0n) is 8.26. The predicted octanol–water partition coefficient (Wildman–Crippen LogP) is 1.24. The minimum Gasteiger partial charge on any atom is -0.326 e. The summed E-state index contributed by atoms with van der Waals surface area (Å²) in [4.78, 5) is 6.90. The van der Waals surface area contributed by atoms with Crippen LogP contribution in [-0.4, -0.2) is 28.5 Å². The van der Waals surface area contributed by atoms with Crippen LogP contribution in [0, 0.1) is 5.92 Å². The maximum Gasteiger partial charge on any atom is 0.109 e. The number of fused-ring (bicyclic) bond motifs is 1. The Labute approximate surface area is 87.9 Å². The lowest BCUT2D eigenvalue weighted by Crippen LogP contribution is -2.49. The Balaban J connectivity index is 1.78. The number of hydrogen-bond acceptors (Lipinski definition) is 4. The molecule has 0 spiro atoms. The molecule has 2 aliphatic heterocycles. The Morgan fingerprint density at radius 1 is 1.71 bits per heavy atom. The van der Waals surface area contributed by atoms with Crippen LogP contribution in [0.1, 0.15) is 24.4 Å². The molecule has 1 aromatic rings. The van der Waals surface area contributed by atoms with Crippen LogP contribution >= 0.6 is 11.3 Å². The molecular weight excluding hydrogens is 194 g/mol. The highest BCUT2D eigenvalue weighted by molar-refractivity contribution is 7.09. The van der Waals surface area contributed by atoms with E-state index in [1.165, 1.54) is 18.0 Å². The molecule has 2 saturated heterocycles. The molecule has 2 N–H and O–H groups in total. The highest BCUT2D eigenvalue weighted by atomic mass is 32.1. The SMILES string of the molecule is CC(c1nccs1)N1CC2CC1C2N. The highest BCUT2D eigenvalue weighted by Gasteiger charge is 2.51. The summed E-state index contributed by atoms with van der Waals surface area (Å²) >= 11 is 1.75. The molecule has 2 bridgehead atoms. The van der Waals surface area contributed by atoms with Gasteiger partial charge in [-0.25, -0.2) is 4.98 Å². The summed E-state index contributed by atoms with van der Waals surface area (Å²) in [5.74, 6) is 0.752. The van der Waals surface area contributed by atoms with Crippen LogP contribution < -0.4 is 5.73 Å². The zero-order valence-corrected chi connectivity index (χ0v) is 9.07. The lowest BCUT2D eigenvalue weighted by molar-refractivity contribution is 0.174. The average molecular weight is 209 g/mol. The summed E-state index contributed by atoms with van der Waals surface area (Å²) in [7, 11) is 0. The molecule has 3 nitrogen and oxygen atoms in total. The van der Waals surface area contributed by atoms with Gasteiger partial charge < -0.3 is 5.73 Å². The maximum atomic E-state index is 6.05. The Kier molecular flexibility index (Phi) is 1.90. The van der Waals surface area contributed by atoms with Crippen LogP contribution in [0.25, 0.3) is 0 Å². The van der Waals surface area contributed by atoms with Crippen molar-refractivity contribution in [2.45, 2.75) is 31.5 Å². The first kappa shape index (κ1) is 8.83. The molecule has 4 heteroatoms. The first-order chi connectivity index (χ1) is 6.77. The fourth-order valence-electron chi connectivity index (χ4n) is 2.73. The van der Waals surface area contributed by atoms with E-state index < -0.39 is 0 Å². The van der Waals surface area contributed by atoms with E-state index in [1.807, 2.05) is 11.6 Å². The number of aromatic nitrogens is 1. The van der Waals surface area contributed by atoms with E-state index in [0.29, 0.717) is 18.1 Å². The average Bonchev–Trinajstić information content (AvgIpc) is 2.89. The fraction of sp³-hybridized carbons (Fsp3) is 0.700. The van der Waals surface area contributed by atoms with Gasteiger partial charge in [-0.3, -0.25) is 4.90 Å². The molecular formula is C10H15N3S. The summed E-state index contributed by atoms with van der Waals surface area (Å²) in [5, 5.41) is 3.27. The van der Waals surface area contributed by atoms with Crippen molar-refractivity contribution >= 4 is 11.3 Å². The van der Waals surface area contributed by atoms with Gasteiger partial charge in [0.15, 0.2) is 0 Å². The lowest BCUT2D eigenvalue weighted by Gasteiger charge is -2.35. The minimum absolute atomic E-state index is 0.428. The first-order valence-corrected chi connectivity index (χ1v) is 6.06. The zero-order chi connectivity index (χ0) is 9.71. The van der Waals surface area contributed by atoms with E-state index in [0.717, 1.165) is 5.92 Å². The second-order valence-electron chi connectivity index (χ2n) is 4.38. The van der Waals surface area contributed by atoms with Crippen LogP contribution in [0.3, 0.4) is 0 Å². The number of hydrogen-bond donors (Lipinski definition) is 1. The summed E-state index contributed by atoms with van der Waals surface area (Å²) < 4.78 is 0. The normalized spacial score (nSPS) is 38.3. The van der Waals surface area contributed by atoms with E-state index in [9.17, 15) is 0 Å². The van der Waals surface area contributed by atoms with Crippen LogP contribution in [-0.2, 0) is 0 Å². The van der Waals surface area contributed by atoms with Gasteiger partial charge in [0, 0.05) is 30.2 Å². The van der Waals surface area contributed by atoms with Gasteiger partial charge in [0.05, 0.1) is 6.04 Å². The molecule has 1 aromatic heterocycles. The predicted molar refractivity (Wildman–Crippen MR) is 57.1 cm³/mol. The maximum absolute atomic E-state index is 6.05. The number of thiazole rings is 1. The van der Waals surface area contributed by atoms with Gasteiger partial charge in [-0.2, -0.15) is 0 Å². The standard InChI is InChI=1S/C10H15N3S/c1-6(10-12-2-3-14-10)13-5-7-4-8(13)9(7)11/h2-3,6-9H,4-5,11H2,1H3. The Morgan fingerprint density at radius 3 is 3.07 bits per heavy atom. The molecule has 1 saturated carbocycles. The molecule has 4 rings (SSSR count). The molecule has 3 aliphatic rings. The van der Waals surface area contributed by atoms with Crippen molar-refractivity contribution in [1.29, 1.82) is 0 Å². The van der Waals surface area contributed by atoms with E-state index >= 15 is 0 Å². The molecule has 4 unspecified atom stereocenters. The van der Waals surface area contributed by atoms with E-state index in [1.54, 1.807) is 11.3 Å². The Bertz CT molecular complexity index is 324. The Hall–Kier alpha value is -0.450. The summed E-state index contributed by atoms with van der Waals surface area (Å²) in [6.45, 7) is 3.42. The van der Waals surface area contributed by atoms with Crippen molar-refractivity contribution in [3.63, 3.8) is 0 Å². The summed E-state index contributed by atoms with van der Waals surface area (Å²) in [6.07, 6.45) is 3.19. The van der Waals surface area contributed by atoms with E-state index in [-0.39, 0.29) is 0 Å². The van der Waals surface area contributed by atoms with Gasteiger partial charge >= 0.3 is 0 Å². The van der Waals surface area contributed by atoms with Crippen molar-refractivity contribution in [2.24, 2.45) is 11.7 Å². The second-order valence-corrected chi connectivity index (χ2v) is 5.31. The summed E-state index contributed by atoms with van der Waals surface area (Å²) in [5.41, 5.74) is 6.05. The van der Waals surface area contributed by atoms with Crippen molar-refractivity contribution in [3.8, 4) is 0 Å². The molecule has 4 atom stereocenters. The van der Waals surface area contributed by atoms with Crippen LogP contribution in [0.4, 0.5) is 0 Å². The second kappa shape index (κ2) is 3.02. The van der Waals surface area contributed by atoms with Gasteiger partial charge in [0.2, 0.25) is 0 Å². The van der Waals surface area contributed by atoms with Crippen molar-refractivity contribution < 1.29 is 0 Å². The fourth-order valence-corrected chi connectivity index (χ4v) is 3.44. The molecule has 0 amide bonds. The quantitative estimate of drug-likeness (QED) is 0.796. The molecule has 0 aromatic carbocycles. The lowest BCUT2D eigenvalue weighted by atomic mass is 9.81. The van der Waals surface area contributed by atoms with Crippen molar-refractivity contribution in [3.05, 3.63) is 16.6 Å². The van der Waals surface area contributed by atoms with Crippen LogP contribution in [0.5, 0.6) is 0 Å². The summed E-state index contributed by atoms with van der Waals surface area (Å²) in [6, 6.07) is 1.51. The third kappa shape index (κ3) is 1.08. The minimum atomic E-state index is 0.428. The van der Waals surface area contributed by atoms with Gasteiger partial charge in [0.1, 0.15) is 5.01 Å². The molecule has 3 heterocycles. The van der Waals surface area contributed by atoms with Crippen LogP contribution in [0.15, 0.2) is 11.6 Å². The third-order valence-corrected chi connectivity index (χ3v) is 4.66. The number of nitrogens with two attached hydrogens (primary N) is 1. The third-order valence-electron chi connectivity index (χ3n) is 3.71. The van der Waals surface area contributed by atoms with Gasteiger partial charge in [-0.15, -0.1) is 11.3 Å². The Morgan fingerprint density at radius 2 is 2.57 bits per heavy atom. The van der Waals surface area contributed by atoms with Crippen molar-refractivity contribution in [1.82, 2.24) is 9.88 Å². The largest absolute Gasteiger partial charge is 0.326 e. The molecule has 3 fully saturated rings. The van der Waals surface area contributed by atoms with Crippen LogP contribution in [0.2, 0.25) is 0 Å². The molecule has 1 aliphatic carbocycles. The van der Waals surface area contributed by atoms with E-state index in [4.69, 9.17) is 5.73 Å². The first-order valence-electron chi connectivity index (χ1n) is 5.18. The van der Waals surface area contributed by atoms with Gasteiger partial charge in [-0.05, 0) is 19.3 Å². The highest BCUT2D eigenvalue weighted by Crippen LogP contribution is 2.44. The molecule has 14 heavy (non-hydrogen) atoms. The molecule has 76 valence electrons.